The normalized spacial score (nSPS) is 16.8. The molecule has 19 nitrogen and oxygen atoms in total. The highest BCUT2D eigenvalue weighted by molar-refractivity contribution is 5.95. The number of primary amides is 1. The molecule has 2 aromatic carbocycles. The van der Waals surface area contributed by atoms with Crippen LogP contribution in [-0.2, 0) is 51.2 Å². The zero-order chi connectivity index (χ0) is 55.1. The summed E-state index contributed by atoms with van der Waals surface area (Å²) in [6, 6.07) is 13.3. The lowest BCUT2D eigenvalue weighted by atomic mass is 9.90. The second-order valence-electron chi connectivity index (χ2n) is 20.3. The molecule has 2 aromatic rings. The van der Waals surface area contributed by atoms with Gasteiger partial charge in [0.2, 0.25) is 35.4 Å². The average molecular weight is 1040 g/mol. The van der Waals surface area contributed by atoms with Crippen LogP contribution >= 0.6 is 0 Å². The van der Waals surface area contributed by atoms with E-state index in [1.807, 2.05) is 82.1 Å². The molecule has 1 aliphatic heterocycles. The Hall–Kier alpha value is -5.63. The number of nitrogens with zero attached hydrogens (tertiary/aromatic N) is 4. The SMILES string of the molecule is CCCCN(C)C(C(=O)NCC(=O)N(C)C([C@@H](C)CC)[C@@H](CC(=O)N1CCC[C@H]1[C@H](OC)[C@@H](C)C(=O)N[C@@H](Cc1ccccc1)C(=O)N(C)Cc1ccc(NC(=O)[C@H](CCCNC(N)=O)NC)cc1)OC)C(C)C. The first kappa shape index (κ1) is 62.7. The fourth-order valence-corrected chi connectivity index (χ4v) is 10.1. The molecule has 74 heavy (non-hydrogen) atoms. The number of urea groups is 1. The molecule has 9 atom stereocenters. The van der Waals surface area contributed by atoms with Crippen molar-refractivity contribution in [1.29, 1.82) is 0 Å². The standard InChI is InChI=1S/C55H90N10O9/c1-13-15-30-62(8)48(36(3)4)53(70)59-34-47(67)64(10)49(37(5)14-2)45(73-11)33-46(66)65-31-20-24-44(65)50(74-12)38(6)51(68)61-43(32-39-21-17-16-18-22-39)54(71)63(9)35-40-25-27-41(28-26-40)60-52(69)42(57-7)23-19-29-58-55(56)72/h16-18,21-22,25-28,36-38,42-45,48-50,57H,13-15,19-20,23-24,29-35H2,1-12H3,(H,59,70)(H,60,69)(H,61,68)(H3,56,58,72)/t37-,38+,42-,43-,44-,45+,48?,49?,50+/m0/s1. The maximum absolute atomic E-state index is 14.4. The summed E-state index contributed by atoms with van der Waals surface area (Å²) in [5.41, 5.74) is 7.38. The van der Waals surface area contributed by atoms with Crippen molar-refractivity contribution in [3.05, 3.63) is 65.7 Å². The van der Waals surface area contributed by atoms with E-state index in [4.69, 9.17) is 15.2 Å². The Kier molecular flexibility index (Phi) is 27.1. The molecule has 1 fully saturated rings. The zero-order valence-corrected chi connectivity index (χ0v) is 46.4. The minimum absolute atomic E-state index is 0.0201. The van der Waals surface area contributed by atoms with Crippen LogP contribution in [0.15, 0.2) is 54.6 Å². The van der Waals surface area contributed by atoms with Gasteiger partial charge in [0, 0.05) is 60.1 Å². The fourth-order valence-electron chi connectivity index (χ4n) is 10.1. The number of likely N-dealkylation sites (tertiary alicyclic amines) is 1. The van der Waals surface area contributed by atoms with Gasteiger partial charge in [-0.2, -0.15) is 0 Å². The van der Waals surface area contributed by atoms with Gasteiger partial charge in [-0.15, -0.1) is 0 Å². The first-order valence-electron chi connectivity index (χ1n) is 26.5. The lowest BCUT2D eigenvalue weighted by Gasteiger charge is -2.39. The van der Waals surface area contributed by atoms with Crippen molar-refractivity contribution in [2.45, 2.75) is 148 Å². The predicted octanol–water partition coefficient (Wildman–Crippen LogP) is 4.14. The van der Waals surface area contributed by atoms with Crippen LogP contribution in [0.5, 0.6) is 0 Å². The second kappa shape index (κ2) is 32.0. The van der Waals surface area contributed by atoms with E-state index in [1.165, 1.54) is 7.11 Å². The van der Waals surface area contributed by atoms with Crippen LogP contribution in [0, 0.1) is 17.8 Å². The second-order valence-corrected chi connectivity index (χ2v) is 20.3. The third-order valence-corrected chi connectivity index (χ3v) is 14.5. The Labute approximate surface area is 441 Å². The number of rotatable bonds is 32. The highest BCUT2D eigenvalue weighted by atomic mass is 16.5. The van der Waals surface area contributed by atoms with Crippen molar-refractivity contribution < 1.29 is 43.0 Å². The molecule has 0 radical (unpaired) electrons. The van der Waals surface area contributed by atoms with Crippen LogP contribution in [0.25, 0.3) is 0 Å². The summed E-state index contributed by atoms with van der Waals surface area (Å²) in [5.74, 6) is -2.37. The quantitative estimate of drug-likeness (QED) is 0.0570. The number of nitrogens with one attached hydrogen (secondary N) is 5. The summed E-state index contributed by atoms with van der Waals surface area (Å²) >= 11 is 0. The molecule has 2 unspecified atom stereocenters. The number of anilines is 1. The highest BCUT2D eigenvalue weighted by Gasteiger charge is 2.43. The summed E-state index contributed by atoms with van der Waals surface area (Å²) in [6.45, 7) is 13.5. The minimum atomic E-state index is -0.928. The predicted molar refractivity (Wildman–Crippen MR) is 289 cm³/mol. The van der Waals surface area contributed by atoms with E-state index < -0.39 is 54.2 Å². The van der Waals surface area contributed by atoms with E-state index in [1.54, 1.807) is 62.0 Å². The van der Waals surface area contributed by atoms with Gasteiger partial charge >= 0.3 is 6.03 Å². The third kappa shape index (κ3) is 18.9. The number of carbonyl (C=O) groups excluding carboxylic acids is 7. The Morgan fingerprint density at radius 1 is 0.824 bits per heavy atom. The van der Waals surface area contributed by atoms with E-state index >= 15 is 0 Å². The number of hydrogen-bond donors (Lipinski definition) is 6. The molecule has 1 saturated heterocycles. The monoisotopic (exact) mass is 1030 g/mol. The van der Waals surface area contributed by atoms with E-state index in [2.05, 4.69) is 33.5 Å². The van der Waals surface area contributed by atoms with Gasteiger partial charge in [0.25, 0.3) is 0 Å². The molecule has 8 amide bonds. The van der Waals surface area contributed by atoms with Crippen LogP contribution in [0.4, 0.5) is 10.5 Å². The lowest BCUT2D eigenvalue weighted by Crippen LogP contribution is -2.56. The summed E-state index contributed by atoms with van der Waals surface area (Å²) in [4.78, 5) is 101. The fraction of sp³-hybridized carbons (Fsp3) is 0.655. The molecule has 0 aromatic heterocycles. The van der Waals surface area contributed by atoms with Gasteiger partial charge in [0.1, 0.15) is 6.04 Å². The van der Waals surface area contributed by atoms with Crippen LogP contribution in [0.2, 0.25) is 0 Å². The molecular formula is C55H90N10O9. The molecule has 0 bridgehead atoms. The number of ether oxygens (including phenoxy) is 2. The molecule has 19 heteroatoms. The van der Waals surface area contributed by atoms with E-state index in [-0.39, 0.29) is 73.3 Å². The molecule has 0 spiro atoms. The van der Waals surface area contributed by atoms with Crippen molar-refractivity contribution in [3.63, 3.8) is 0 Å². The highest BCUT2D eigenvalue weighted by Crippen LogP contribution is 2.30. The first-order chi connectivity index (χ1) is 35.2. The number of benzene rings is 2. The maximum atomic E-state index is 14.4. The number of likely N-dealkylation sites (N-methyl/N-ethyl adjacent to an activating group) is 4. The van der Waals surface area contributed by atoms with Gasteiger partial charge in [-0.25, -0.2) is 4.79 Å². The summed E-state index contributed by atoms with van der Waals surface area (Å²) in [6.07, 6.45) is 3.86. The van der Waals surface area contributed by atoms with E-state index in [9.17, 15) is 33.6 Å². The van der Waals surface area contributed by atoms with Crippen molar-refractivity contribution in [1.82, 2.24) is 40.9 Å². The van der Waals surface area contributed by atoms with Gasteiger partial charge in [-0.1, -0.05) is 96.8 Å². The van der Waals surface area contributed by atoms with Crippen LogP contribution in [0.1, 0.15) is 104 Å². The zero-order valence-electron chi connectivity index (χ0n) is 46.4. The molecule has 414 valence electrons. The summed E-state index contributed by atoms with van der Waals surface area (Å²) in [5, 5.41) is 14.4. The summed E-state index contributed by atoms with van der Waals surface area (Å²) in [7, 11) is 10.1. The number of nitrogens with two attached hydrogens (primary N) is 1. The molecule has 1 aliphatic rings. The van der Waals surface area contributed by atoms with Crippen LogP contribution < -0.4 is 32.3 Å². The smallest absolute Gasteiger partial charge is 0.312 e. The summed E-state index contributed by atoms with van der Waals surface area (Å²) < 4.78 is 12.1. The van der Waals surface area contributed by atoms with Crippen molar-refractivity contribution >= 4 is 47.2 Å². The topological polar surface area (TPSA) is 237 Å². The molecule has 1 heterocycles. The van der Waals surface area contributed by atoms with Gasteiger partial charge in [-0.05, 0) is 87.8 Å². The molecule has 3 rings (SSSR count). The Bertz CT molecular complexity index is 2080. The maximum Gasteiger partial charge on any atom is 0.312 e. The largest absolute Gasteiger partial charge is 0.379 e. The van der Waals surface area contributed by atoms with Crippen LogP contribution in [0.3, 0.4) is 0 Å². The lowest BCUT2D eigenvalue weighted by molar-refractivity contribution is -0.146. The minimum Gasteiger partial charge on any atom is -0.379 e. The van der Waals surface area contributed by atoms with Crippen molar-refractivity contribution in [3.8, 4) is 0 Å². The molecule has 0 aliphatic carbocycles. The Morgan fingerprint density at radius 2 is 1.50 bits per heavy atom. The third-order valence-electron chi connectivity index (χ3n) is 14.5. The number of carbonyl (C=O) groups is 7. The van der Waals surface area contributed by atoms with Crippen molar-refractivity contribution in [2.75, 3.05) is 73.9 Å². The number of methoxy groups -OCH3 is 2. The van der Waals surface area contributed by atoms with Gasteiger partial charge in [0.15, 0.2) is 0 Å². The Balaban J connectivity index is 1.73. The first-order valence-corrected chi connectivity index (χ1v) is 26.5. The molecular weight excluding hydrogens is 945 g/mol. The van der Waals surface area contributed by atoms with Crippen molar-refractivity contribution in [2.24, 2.45) is 23.5 Å². The van der Waals surface area contributed by atoms with Crippen LogP contribution in [-0.4, -0.2) is 172 Å². The average Bonchev–Trinajstić information content (AvgIpc) is 3.87. The number of hydrogen-bond acceptors (Lipinski definition) is 11. The van der Waals surface area contributed by atoms with Gasteiger partial charge in [-0.3, -0.25) is 33.7 Å². The molecule has 0 saturated carbocycles. The van der Waals surface area contributed by atoms with E-state index in [0.29, 0.717) is 50.9 Å². The molecule has 7 N–H and O–H groups in total. The number of unbranched alkanes of at least 4 members (excludes halogenated alkanes) is 1. The van der Waals surface area contributed by atoms with Gasteiger partial charge in [0.05, 0.1) is 55.3 Å². The van der Waals surface area contributed by atoms with Gasteiger partial charge < -0.3 is 56.5 Å². The van der Waals surface area contributed by atoms with E-state index in [0.717, 1.165) is 30.5 Å². The number of amides is 8. The Morgan fingerprint density at radius 3 is 2.08 bits per heavy atom.